The molecule has 1 heterocycles. The third-order valence-corrected chi connectivity index (χ3v) is 0.646. The third-order valence-electron chi connectivity index (χ3n) is 0.646. The van der Waals surface area contributed by atoms with Crippen molar-refractivity contribution in [2.45, 2.75) is 0 Å². The highest BCUT2D eigenvalue weighted by atomic mass is 16.1. The number of aryl methyl sites for hydroxylation is 1. The quantitative estimate of drug-likeness (QED) is 0.429. The van der Waals surface area contributed by atoms with Crippen molar-refractivity contribution in [2.24, 2.45) is 7.05 Å². The molecule has 0 N–H and O–H groups in total. The molecule has 4 nitrogen and oxygen atoms in total. The predicted molar refractivity (Wildman–Crippen MR) is 26.1 cm³/mol. The second-order valence-corrected chi connectivity index (χ2v) is 1.32. The van der Waals surface area contributed by atoms with Crippen LogP contribution in [0.5, 0.6) is 0 Å². The van der Waals surface area contributed by atoms with Gasteiger partial charge in [0.2, 0.25) is 0 Å². The Kier molecular flexibility index (Phi) is 1.07. The van der Waals surface area contributed by atoms with E-state index < -0.39 is 0 Å². The Morgan fingerprint density at radius 1 is 1.88 bits per heavy atom. The van der Waals surface area contributed by atoms with Crippen molar-refractivity contribution in [1.29, 1.82) is 0 Å². The van der Waals surface area contributed by atoms with Gasteiger partial charge in [-0.2, -0.15) is 10.1 Å². The second-order valence-electron chi connectivity index (χ2n) is 1.32. The van der Waals surface area contributed by atoms with Gasteiger partial charge in [-0.15, -0.1) is 0 Å². The normalized spacial score (nSPS) is 9.12. The Bertz CT molecular complexity index is 208. The number of aromatic nitrogens is 3. The summed E-state index contributed by atoms with van der Waals surface area (Å²) in [6.07, 6.45) is 3.48. The van der Waals surface area contributed by atoms with Crippen LogP contribution in [-0.4, -0.2) is 14.8 Å². The second kappa shape index (κ2) is 1.73. The van der Waals surface area contributed by atoms with E-state index in [1.807, 2.05) is 0 Å². The molecule has 0 fully saturated rings. The minimum atomic E-state index is -0.358. The lowest BCUT2D eigenvalue weighted by molar-refractivity contribution is 0.695. The van der Waals surface area contributed by atoms with Gasteiger partial charge in [-0.3, -0.25) is 4.79 Å². The molecule has 0 saturated heterocycles. The summed E-state index contributed by atoms with van der Waals surface area (Å²) in [4.78, 5) is 13.5. The molecule has 1 aromatic heterocycles. The highest BCUT2D eigenvalue weighted by molar-refractivity contribution is 4.64. The molecule has 0 amide bonds. The van der Waals surface area contributed by atoms with Crippen molar-refractivity contribution < 1.29 is 0 Å². The first-order valence-electron chi connectivity index (χ1n) is 2.07. The molecule has 1 rings (SSSR count). The van der Waals surface area contributed by atoms with Gasteiger partial charge >= 0.3 is 0 Å². The van der Waals surface area contributed by atoms with E-state index in [0.29, 0.717) is 0 Å². The molecule has 0 saturated carbocycles. The highest BCUT2D eigenvalue weighted by Crippen LogP contribution is 1.58. The molecule has 1 radical (unpaired) electrons. The summed E-state index contributed by atoms with van der Waals surface area (Å²) < 4.78 is 1.33. The van der Waals surface area contributed by atoms with Crippen LogP contribution in [0.2, 0.25) is 0 Å². The van der Waals surface area contributed by atoms with Crippen molar-refractivity contribution in [3.05, 3.63) is 22.9 Å². The lowest BCUT2D eigenvalue weighted by Crippen LogP contribution is -2.10. The van der Waals surface area contributed by atoms with Crippen LogP contribution >= 0.6 is 0 Å². The maximum Gasteiger partial charge on any atom is 0.292 e. The zero-order valence-corrected chi connectivity index (χ0v) is 4.33. The molecule has 0 atom stereocenters. The Hall–Kier alpha value is -1.19. The van der Waals surface area contributed by atoms with Gasteiger partial charge in [-0.05, 0) is 0 Å². The molecule has 0 aliphatic heterocycles. The molecule has 4 heteroatoms. The average molecular weight is 110 g/mol. The molecular weight excluding hydrogens is 106 g/mol. The van der Waals surface area contributed by atoms with Gasteiger partial charge in [0.1, 0.15) is 6.20 Å². The standard InChI is InChI=1S/C4H4N3O/c1-7-3-5-4(8)2-6-7/h2H,1H3. The van der Waals surface area contributed by atoms with Crippen LogP contribution < -0.4 is 5.56 Å². The molecule has 0 bridgehead atoms. The van der Waals surface area contributed by atoms with Crippen LogP contribution in [0.1, 0.15) is 0 Å². The summed E-state index contributed by atoms with van der Waals surface area (Å²) in [5, 5.41) is 3.56. The maximum absolute atomic E-state index is 10.2. The van der Waals surface area contributed by atoms with E-state index in [4.69, 9.17) is 0 Å². The lowest BCUT2D eigenvalue weighted by Gasteiger charge is -1.85. The van der Waals surface area contributed by atoms with Gasteiger partial charge in [-0.25, -0.2) is 4.68 Å². The van der Waals surface area contributed by atoms with E-state index in [1.54, 1.807) is 7.05 Å². The predicted octanol–water partition coefficient (Wildman–Crippen LogP) is -1.02. The third kappa shape index (κ3) is 0.900. The lowest BCUT2D eigenvalue weighted by atomic mass is 10.9. The van der Waals surface area contributed by atoms with E-state index in [1.165, 1.54) is 4.68 Å². The minimum Gasteiger partial charge on any atom is -0.266 e. The van der Waals surface area contributed by atoms with E-state index in [2.05, 4.69) is 16.4 Å². The number of nitrogens with zero attached hydrogens (tertiary/aromatic N) is 3. The first-order valence-corrected chi connectivity index (χ1v) is 2.07. The van der Waals surface area contributed by atoms with Crippen LogP contribution in [0.15, 0.2) is 11.0 Å². The van der Waals surface area contributed by atoms with E-state index in [9.17, 15) is 4.79 Å². The molecule has 0 aliphatic rings. The van der Waals surface area contributed by atoms with Crippen molar-refractivity contribution in [3.8, 4) is 0 Å². The monoisotopic (exact) mass is 110 g/mol. The van der Waals surface area contributed by atoms with E-state index >= 15 is 0 Å². The number of hydrogen-bond donors (Lipinski definition) is 0. The summed E-state index contributed by atoms with van der Waals surface area (Å²) in [5.41, 5.74) is -0.358. The Morgan fingerprint density at radius 2 is 2.62 bits per heavy atom. The largest absolute Gasteiger partial charge is 0.292 e. The first kappa shape index (κ1) is 4.96. The Balaban J connectivity index is 3.22. The van der Waals surface area contributed by atoms with Gasteiger partial charge in [0.05, 0.1) is 0 Å². The topological polar surface area (TPSA) is 47.8 Å². The molecule has 41 valence electrons. The van der Waals surface area contributed by atoms with Crippen LogP contribution in [0.3, 0.4) is 0 Å². The van der Waals surface area contributed by atoms with Gasteiger partial charge < -0.3 is 0 Å². The van der Waals surface area contributed by atoms with Gasteiger partial charge in [0, 0.05) is 7.05 Å². The van der Waals surface area contributed by atoms with Crippen molar-refractivity contribution >= 4 is 0 Å². The van der Waals surface area contributed by atoms with Gasteiger partial charge in [-0.1, -0.05) is 0 Å². The summed E-state index contributed by atoms with van der Waals surface area (Å²) in [7, 11) is 1.65. The molecule has 0 aliphatic carbocycles. The summed E-state index contributed by atoms with van der Waals surface area (Å²) in [5.74, 6) is 0. The fourth-order valence-electron chi connectivity index (χ4n) is 0.312. The van der Waals surface area contributed by atoms with Crippen molar-refractivity contribution in [2.75, 3.05) is 0 Å². The Morgan fingerprint density at radius 3 is 3.00 bits per heavy atom. The van der Waals surface area contributed by atoms with Crippen molar-refractivity contribution in [3.63, 3.8) is 0 Å². The van der Waals surface area contributed by atoms with Crippen molar-refractivity contribution in [1.82, 2.24) is 14.8 Å². The maximum atomic E-state index is 10.2. The molecule has 1 aromatic rings. The first-order chi connectivity index (χ1) is 3.79. The minimum absolute atomic E-state index is 0.358. The molecular formula is C4H4N3O. The smallest absolute Gasteiger partial charge is 0.266 e. The zero-order chi connectivity index (χ0) is 5.98. The molecule has 0 aromatic carbocycles. The molecule has 0 spiro atoms. The van der Waals surface area contributed by atoms with Gasteiger partial charge in [0.15, 0.2) is 6.33 Å². The number of hydrogen-bond acceptors (Lipinski definition) is 3. The summed E-state index contributed by atoms with van der Waals surface area (Å²) in [6, 6.07) is 0. The van der Waals surface area contributed by atoms with Crippen LogP contribution in [0.25, 0.3) is 0 Å². The fourth-order valence-corrected chi connectivity index (χ4v) is 0.312. The van der Waals surface area contributed by atoms with Crippen LogP contribution in [-0.2, 0) is 7.05 Å². The average Bonchev–Trinajstić information content (AvgIpc) is 1.77. The van der Waals surface area contributed by atoms with E-state index in [-0.39, 0.29) is 5.56 Å². The van der Waals surface area contributed by atoms with Gasteiger partial charge in [0.25, 0.3) is 5.56 Å². The molecule has 8 heavy (non-hydrogen) atoms. The zero-order valence-electron chi connectivity index (χ0n) is 4.33. The highest BCUT2D eigenvalue weighted by Gasteiger charge is 1.80. The fraction of sp³-hybridized carbons (Fsp3) is 0.250. The van der Waals surface area contributed by atoms with Crippen LogP contribution in [0, 0.1) is 6.33 Å². The van der Waals surface area contributed by atoms with E-state index in [0.717, 1.165) is 6.20 Å². The molecule has 0 unspecified atom stereocenters. The van der Waals surface area contributed by atoms with Crippen LogP contribution in [0.4, 0.5) is 0 Å². The number of rotatable bonds is 0. The Labute approximate surface area is 45.8 Å². The summed E-state index contributed by atoms with van der Waals surface area (Å²) in [6.45, 7) is 0. The SMILES string of the molecule is Cn1[c]nc(=O)cn1. The summed E-state index contributed by atoms with van der Waals surface area (Å²) >= 11 is 0.